The SMILES string of the molecule is Cc1cn(C2CCC(CO[P+](O)(O)O)O2)c(=O)[nH]c1=O. The molecule has 0 amide bonds. The molecule has 1 aromatic rings. The van der Waals surface area contributed by atoms with Gasteiger partial charge in [0.2, 0.25) is 0 Å². The second-order valence-electron chi connectivity index (χ2n) is 4.58. The molecule has 10 heteroatoms. The number of aryl methyl sites for hydroxylation is 1. The summed E-state index contributed by atoms with van der Waals surface area (Å²) in [5, 5.41) is 0. The van der Waals surface area contributed by atoms with Gasteiger partial charge in [0.1, 0.15) is 12.8 Å². The first-order valence-electron chi connectivity index (χ1n) is 5.95. The Hall–Kier alpha value is -1.09. The van der Waals surface area contributed by atoms with Gasteiger partial charge in [0, 0.05) is 11.8 Å². The monoisotopic (exact) mass is 307 g/mol. The predicted molar refractivity (Wildman–Crippen MR) is 68.7 cm³/mol. The van der Waals surface area contributed by atoms with Crippen LogP contribution in [-0.2, 0) is 9.26 Å². The number of nitrogens with one attached hydrogen (secondary N) is 1. The quantitative estimate of drug-likeness (QED) is 0.535. The summed E-state index contributed by atoms with van der Waals surface area (Å²) in [4.78, 5) is 51.3. The van der Waals surface area contributed by atoms with Crippen LogP contribution in [0.2, 0.25) is 0 Å². The first-order valence-corrected chi connectivity index (χ1v) is 7.52. The topological polar surface area (TPSA) is 134 Å². The average Bonchev–Trinajstić information content (AvgIpc) is 2.79. The molecule has 2 unspecified atom stereocenters. The van der Waals surface area contributed by atoms with Gasteiger partial charge in [-0.3, -0.25) is 14.3 Å². The Balaban J connectivity index is 2.05. The number of hydrogen-bond acceptors (Lipinski definition) is 7. The van der Waals surface area contributed by atoms with Gasteiger partial charge < -0.3 is 4.74 Å². The minimum atomic E-state index is -4.28. The van der Waals surface area contributed by atoms with Gasteiger partial charge in [0.05, 0.1) is 6.10 Å². The highest BCUT2D eigenvalue weighted by Crippen LogP contribution is 2.46. The number of aromatic amines is 1. The normalized spacial score (nSPS) is 23.2. The van der Waals surface area contributed by atoms with E-state index >= 15 is 0 Å². The Morgan fingerprint density at radius 2 is 2.15 bits per heavy atom. The van der Waals surface area contributed by atoms with E-state index in [0.29, 0.717) is 18.4 Å². The van der Waals surface area contributed by atoms with Crippen molar-refractivity contribution in [3.8, 4) is 0 Å². The second kappa shape index (κ2) is 5.72. The molecule has 112 valence electrons. The molecule has 0 radical (unpaired) electrons. The molecule has 1 aliphatic rings. The van der Waals surface area contributed by atoms with Crippen molar-refractivity contribution in [2.75, 3.05) is 6.61 Å². The van der Waals surface area contributed by atoms with Gasteiger partial charge in [-0.15, -0.1) is 0 Å². The zero-order valence-corrected chi connectivity index (χ0v) is 11.6. The average molecular weight is 307 g/mol. The molecule has 20 heavy (non-hydrogen) atoms. The Morgan fingerprint density at radius 3 is 2.80 bits per heavy atom. The molecule has 0 aliphatic carbocycles. The summed E-state index contributed by atoms with van der Waals surface area (Å²) in [5.41, 5.74) is -0.626. The third-order valence-corrected chi connectivity index (χ3v) is 3.47. The van der Waals surface area contributed by atoms with Crippen LogP contribution in [0.4, 0.5) is 0 Å². The molecule has 0 spiro atoms. The summed E-state index contributed by atoms with van der Waals surface area (Å²) in [5.74, 6) is 0. The molecule has 2 atom stereocenters. The molecule has 1 aromatic heterocycles. The van der Waals surface area contributed by atoms with E-state index in [9.17, 15) is 9.59 Å². The zero-order chi connectivity index (χ0) is 14.9. The van der Waals surface area contributed by atoms with E-state index in [4.69, 9.17) is 19.4 Å². The Labute approximate surface area is 114 Å². The lowest BCUT2D eigenvalue weighted by atomic mass is 10.2. The van der Waals surface area contributed by atoms with Crippen LogP contribution in [0.15, 0.2) is 15.8 Å². The molecule has 2 rings (SSSR count). The molecule has 1 saturated heterocycles. The Bertz CT molecular complexity index is 590. The van der Waals surface area contributed by atoms with Crippen molar-refractivity contribution in [2.45, 2.75) is 32.1 Å². The molecule has 2 heterocycles. The lowest BCUT2D eigenvalue weighted by Crippen LogP contribution is -2.33. The number of rotatable bonds is 4. The van der Waals surface area contributed by atoms with Crippen molar-refractivity contribution < 1.29 is 23.9 Å². The zero-order valence-electron chi connectivity index (χ0n) is 10.7. The van der Waals surface area contributed by atoms with Crippen molar-refractivity contribution in [3.63, 3.8) is 0 Å². The highest BCUT2D eigenvalue weighted by atomic mass is 31.2. The lowest BCUT2D eigenvalue weighted by Gasteiger charge is -2.15. The standard InChI is InChI=1S/C10H15N2O7P/c1-6-4-12(10(14)11-9(6)13)8-3-2-7(19-8)5-18-20(15,16)17/h4,7-8,15-17H,2-3,5H2,1H3/p+1. The van der Waals surface area contributed by atoms with E-state index in [2.05, 4.69) is 9.51 Å². The number of hydrogen-bond donors (Lipinski definition) is 4. The lowest BCUT2D eigenvalue weighted by molar-refractivity contribution is -0.0272. The van der Waals surface area contributed by atoms with Gasteiger partial charge in [-0.25, -0.2) is 4.79 Å². The van der Waals surface area contributed by atoms with E-state index in [0.717, 1.165) is 0 Å². The van der Waals surface area contributed by atoms with Crippen molar-refractivity contribution in [1.29, 1.82) is 0 Å². The van der Waals surface area contributed by atoms with Gasteiger partial charge in [-0.05, 0) is 19.8 Å². The summed E-state index contributed by atoms with van der Waals surface area (Å²) in [6.07, 6.45) is 1.42. The van der Waals surface area contributed by atoms with Gasteiger partial charge in [0.15, 0.2) is 0 Å². The van der Waals surface area contributed by atoms with Gasteiger partial charge in [-0.2, -0.15) is 19.2 Å². The molecule has 0 aromatic carbocycles. The molecule has 1 fully saturated rings. The van der Waals surface area contributed by atoms with E-state index in [1.54, 1.807) is 6.92 Å². The minimum absolute atomic E-state index is 0.190. The number of ether oxygens (including phenoxy) is 1. The fourth-order valence-corrected chi connectivity index (χ4v) is 2.36. The molecule has 4 N–H and O–H groups in total. The summed E-state index contributed by atoms with van der Waals surface area (Å²) in [7, 11) is -4.28. The summed E-state index contributed by atoms with van der Waals surface area (Å²) in [6.45, 7) is 1.39. The first kappa shape index (κ1) is 15.3. The summed E-state index contributed by atoms with van der Waals surface area (Å²) < 4.78 is 11.3. The van der Waals surface area contributed by atoms with E-state index < -0.39 is 31.8 Å². The maximum atomic E-state index is 11.7. The number of aromatic nitrogens is 2. The highest BCUT2D eigenvalue weighted by Gasteiger charge is 2.37. The van der Waals surface area contributed by atoms with E-state index in [1.807, 2.05) is 0 Å². The summed E-state index contributed by atoms with van der Waals surface area (Å²) in [6, 6.07) is 0. The highest BCUT2D eigenvalue weighted by molar-refractivity contribution is 7.53. The maximum Gasteiger partial charge on any atom is 0.567 e. The predicted octanol–water partition coefficient (Wildman–Crippen LogP) is -0.806. The molecule has 0 bridgehead atoms. The Kier molecular flexibility index (Phi) is 4.38. The number of nitrogens with zero attached hydrogens (tertiary/aromatic N) is 1. The fraction of sp³-hybridized carbons (Fsp3) is 0.600. The van der Waals surface area contributed by atoms with Crippen LogP contribution in [0.3, 0.4) is 0 Å². The van der Waals surface area contributed by atoms with Crippen LogP contribution in [0, 0.1) is 6.92 Å². The van der Waals surface area contributed by atoms with E-state index in [1.165, 1.54) is 10.8 Å². The summed E-state index contributed by atoms with van der Waals surface area (Å²) >= 11 is 0. The molecule has 9 nitrogen and oxygen atoms in total. The Morgan fingerprint density at radius 1 is 1.45 bits per heavy atom. The van der Waals surface area contributed by atoms with Crippen LogP contribution in [0.5, 0.6) is 0 Å². The van der Waals surface area contributed by atoms with Crippen molar-refractivity contribution in [3.05, 3.63) is 32.6 Å². The van der Waals surface area contributed by atoms with Crippen LogP contribution < -0.4 is 11.2 Å². The fourth-order valence-electron chi connectivity index (χ4n) is 2.00. The number of H-pyrrole nitrogens is 1. The van der Waals surface area contributed by atoms with Gasteiger partial charge in [0.25, 0.3) is 5.56 Å². The van der Waals surface area contributed by atoms with Gasteiger partial charge >= 0.3 is 13.9 Å². The second-order valence-corrected chi connectivity index (χ2v) is 5.86. The molecule has 1 aliphatic heterocycles. The van der Waals surface area contributed by atoms with Crippen LogP contribution in [-0.4, -0.2) is 36.9 Å². The first-order chi connectivity index (χ1) is 9.26. The van der Waals surface area contributed by atoms with Crippen LogP contribution in [0.25, 0.3) is 0 Å². The van der Waals surface area contributed by atoms with Crippen molar-refractivity contribution >= 4 is 8.17 Å². The molecular weight excluding hydrogens is 291 g/mol. The van der Waals surface area contributed by atoms with E-state index in [-0.39, 0.29) is 6.61 Å². The van der Waals surface area contributed by atoms with Crippen LogP contribution in [0.1, 0.15) is 24.6 Å². The third kappa shape index (κ3) is 3.72. The minimum Gasteiger partial charge on any atom is -0.352 e. The third-order valence-electron chi connectivity index (χ3n) is 2.97. The van der Waals surface area contributed by atoms with Crippen LogP contribution >= 0.6 is 8.17 Å². The molecule has 0 saturated carbocycles. The molecular formula is C10H16N2O7P+. The van der Waals surface area contributed by atoms with Gasteiger partial charge in [-0.1, -0.05) is 0 Å². The maximum absolute atomic E-state index is 11.7. The smallest absolute Gasteiger partial charge is 0.352 e. The van der Waals surface area contributed by atoms with Crippen molar-refractivity contribution in [2.24, 2.45) is 0 Å². The largest absolute Gasteiger partial charge is 0.567 e. The van der Waals surface area contributed by atoms with Crippen molar-refractivity contribution in [1.82, 2.24) is 9.55 Å².